The molecule has 1 aromatic rings. The number of aliphatic carboxylic acids is 1. The normalized spacial score (nSPS) is 18.6. The van der Waals surface area contributed by atoms with Crippen LogP contribution in [0.1, 0.15) is 24.8 Å². The summed E-state index contributed by atoms with van der Waals surface area (Å²) in [7, 11) is -3.50. The van der Waals surface area contributed by atoms with Crippen LogP contribution in [-0.4, -0.2) is 38.0 Å². The van der Waals surface area contributed by atoms with Crippen LogP contribution in [-0.2, 0) is 26.0 Å². The van der Waals surface area contributed by atoms with Crippen molar-refractivity contribution in [3.8, 4) is 0 Å². The molecular weight excluding hydrogens is 294 g/mol. The Labute approximate surface area is 124 Å². The largest absolute Gasteiger partial charge is 0.481 e. The average Bonchev–Trinajstić information content (AvgIpc) is 2.89. The Morgan fingerprint density at radius 2 is 2.14 bits per heavy atom. The van der Waals surface area contributed by atoms with E-state index in [1.807, 2.05) is 0 Å². The van der Waals surface area contributed by atoms with E-state index in [0.717, 1.165) is 12.8 Å². The van der Waals surface area contributed by atoms with Crippen LogP contribution in [0.3, 0.4) is 0 Å². The van der Waals surface area contributed by atoms with Gasteiger partial charge >= 0.3 is 5.97 Å². The van der Waals surface area contributed by atoms with Crippen molar-refractivity contribution in [2.45, 2.75) is 31.8 Å². The summed E-state index contributed by atoms with van der Waals surface area (Å²) in [5, 5.41) is 8.73. The Kier molecular flexibility index (Phi) is 5.19. The predicted octanol–water partition coefficient (Wildman–Crippen LogP) is 1.62. The minimum absolute atomic E-state index is 0.0372. The van der Waals surface area contributed by atoms with Crippen LogP contribution in [0.15, 0.2) is 24.3 Å². The summed E-state index contributed by atoms with van der Waals surface area (Å²) in [6.45, 7) is 0.607. The first-order valence-electron chi connectivity index (χ1n) is 6.88. The fraction of sp³-hybridized carbons (Fsp3) is 0.500. The number of carbonyl (C=O) groups is 1. The molecule has 2 N–H and O–H groups in total. The van der Waals surface area contributed by atoms with Gasteiger partial charge in [0.25, 0.3) is 0 Å². The highest BCUT2D eigenvalue weighted by Crippen LogP contribution is 2.20. The van der Waals surface area contributed by atoms with Crippen molar-refractivity contribution in [1.82, 2.24) is 0 Å². The van der Waals surface area contributed by atoms with E-state index in [-0.39, 0.29) is 24.7 Å². The number of aryl methyl sites for hydroxylation is 1. The van der Waals surface area contributed by atoms with Crippen LogP contribution in [0.2, 0.25) is 0 Å². The number of anilines is 1. The van der Waals surface area contributed by atoms with Gasteiger partial charge < -0.3 is 9.84 Å². The van der Waals surface area contributed by atoms with Crippen molar-refractivity contribution in [2.75, 3.05) is 17.1 Å². The van der Waals surface area contributed by atoms with E-state index in [2.05, 4.69) is 4.72 Å². The molecular formula is C14H19NO5S. The highest BCUT2D eigenvalue weighted by molar-refractivity contribution is 7.92. The molecule has 1 aliphatic rings. The fourth-order valence-electron chi connectivity index (χ4n) is 2.31. The van der Waals surface area contributed by atoms with Gasteiger partial charge in [-0.3, -0.25) is 9.52 Å². The third-order valence-corrected chi connectivity index (χ3v) is 4.66. The van der Waals surface area contributed by atoms with Gasteiger partial charge in [0.2, 0.25) is 10.0 Å². The number of hydrogen-bond acceptors (Lipinski definition) is 4. The standard InChI is InChI=1S/C14H19NO5S/c16-14(17)8-7-11-4-1-2-6-13(11)15-21(18,19)10-12-5-3-9-20-12/h1-2,4,6,12,15H,3,5,7-10H2,(H,16,17). The van der Waals surface area contributed by atoms with Crippen LogP contribution in [0.4, 0.5) is 5.69 Å². The van der Waals surface area contributed by atoms with E-state index < -0.39 is 16.0 Å². The lowest BCUT2D eigenvalue weighted by molar-refractivity contribution is -0.136. The molecule has 0 bridgehead atoms. The summed E-state index contributed by atoms with van der Waals surface area (Å²) in [6.07, 6.45) is 1.63. The number of para-hydroxylation sites is 1. The quantitative estimate of drug-likeness (QED) is 0.798. The van der Waals surface area contributed by atoms with Gasteiger partial charge in [-0.1, -0.05) is 18.2 Å². The Balaban J connectivity index is 2.05. The van der Waals surface area contributed by atoms with E-state index in [0.29, 0.717) is 17.9 Å². The Morgan fingerprint density at radius 3 is 2.81 bits per heavy atom. The third kappa shape index (κ3) is 5.02. The van der Waals surface area contributed by atoms with Crippen LogP contribution >= 0.6 is 0 Å². The predicted molar refractivity (Wildman–Crippen MR) is 78.8 cm³/mol. The first-order valence-corrected chi connectivity index (χ1v) is 8.53. The number of hydrogen-bond donors (Lipinski definition) is 2. The molecule has 21 heavy (non-hydrogen) atoms. The highest BCUT2D eigenvalue weighted by atomic mass is 32.2. The summed E-state index contributed by atoms with van der Waals surface area (Å²) in [5.74, 6) is -0.979. The minimum Gasteiger partial charge on any atom is -0.481 e. The van der Waals surface area contributed by atoms with E-state index in [1.165, 1.54) is 0 Å². The number of ether oxygens (including phenoxy) is 1. The van der Waals surface area contributed by atoms with Gasteiger partial charge in [0.05, 0.1) is 17.5 Å². The van der Waals surface area contributed by atoms with Crippen molar-refractivity contribution >= 4 is 21.7 Å². The number of carboxylic acids is 1. The maximum Gasteiger partial charge on any atom is 0.303 e. The molecule has 0 aromatic heterocycles. The lowest BCUT2D eigenvalue weighted by atomic mass is 10.1. The van der Waals surface area contributed by atoms with Crippen LogP contribution < -0.4 is 4.72 Å². The lowest BCUT2D eigenvalue weighted by Crippen LogP contribution is -2.26. The highest BCUT2D eigenvalue weighted by Gasteiger charge is 2.23. The van der Waals surface area contributed by atoms with Crippen molar-refractivity contribution in [3.05, 3.63) is 29.8 Å². The van der Waals surface area contributed by atoms with Crippen molar-refractivity contribution in [2.24, 2.45) is 0 Å². The second kappa shape index (κ2) is 6.91. The molecule has 116 valence electrons. The monoisotopic (exact) mass is 313 g/mol. The maximum atomic E-state index is 12.1. The second-order valence-corrected chi connectivity index (χ2v) is 6.84. The van der Waals surface area contributed by atoms with Gasteiger partial charge in [0, 0.05) is 13.0 Å². The molecule has 1 heterocycles. The Morgan fingerprint density at radius 1 is 1.38 bits per heavy atom. The summed E-state index contributed by atoms with van der Waals surface area (Å²) in [5.41, 5.74) is 1.12. The molecule has 2 rings (SSSR count). The number of nitrogens with one attached hydrogen (secondary N) is 1. The van der Waals surface area contributed by atoms with Crippen LogP contribution in [0.5, 0.6) is 0 Å². The summed E-state index contributed by atoms with van der Waals surface area (Å²) in [6, 6.07) is 6.85. The van der Waals surface area contributed by atoms with Gasteiger partial charge in [-0.05, 0) is 30.9 Å². The SMILES string of the molecule is O=C(O)CCc1ccccc1NS(=O)(=O)CC1CCCO1. The van der Waals surface area contributed by atoms with Gasteiger partial charge in [0.15, 0.2) is 0 Å². The molecule has 0 aliphatic carbocycles. The molecule has 1 atom stereocenters. The zero-order valence-electron chi connectivity index (χ0n) is 11.6. The van der Waals surface area contributed by atoms with Crippen molar-refractivity contribution in [3.63, 3.8) is 0 Å². The smallest absolute Gasteiger partial charge is 0.303 e. The van der Waals surface area contributed by atoms with E-state index in [9.17, 15) is 13.2 Å². The van der Waals surface area contributed by atoms with E-state index in [4.69, 9.17) is 9.84 Å². The fourth-order valence-corrected chi connectivity index (χ4v) is 3.68. The van der Waals surface area contributed by atoms with Crippen LogP contribution in [0.25, 0.3) is 0 Å². The topological polar surface area (TPSA) is 92.7 Å². The maximum absolute atomic E-state index is 12.1. The molecule has 1 saturated heterocycles. The molecule has 1 unspecified atom stereocenters. The Hall–Kier alpha value is -1.60. The average molecular weight is 313 g/mol. The van der Waals surface area contributed by atoms with Gasteiger partial charge in [0.1, 0.15) is 0 Å². The molecule has 0 amide bonds. The zero-order valence-corrected chi connectivity index (χ0v) is 12.4. The van der Waals surface area contributed by atoms with Gasteiger partial charge in [-0.2, -0.15) is 0 Å². The van der Waals surface area contributed by atoms with Crippen molar-refractivity contribution in [1.29, 1.82) is 0 Å². The number of rotatable bonds is 7. The van der Waals surface area contributed by atoms with Crippen molar-refractivity contribution < 1.29 is 23.1 Å². The third-order valence-electron chi connectivity index (χ3n) is 3.32. The molecule has 1 fully saturated rings. The molecule has 1 aliphatic heterocycles. The lowest BCUT2D eigenvalue weighted by Gasteiger charge is -2.14. The number of benzene rings is 1. The molecule has 1 aromatic carbocycles. The summed E-state index contributed by atoms with van der Waals surface area (Å²) < 4.78 is 32.2. The van der Waals surface area contributed by atoms with Crippen LogP contribution in [0, 0.1) is 0 Å². The molecule has 0 radical (unpaired) electrons. The molecule has 0 saturated carbocycles. The molecule has 0 spiro atoms. The van der Waals surface area contributed by atoms with Gasteiger partial charge in [-0.25, -0.2) is 8.42 Å². The first kappa shape index (κ1) is 15.8. The Bertz CT molecular complexity index is 593. The molecule has 6 nitrogen and oxygen atoms in total. The summed E-state index contributed by atoms with van der Waals surface area (Å²) >= 11 is 0. The second-order valence-electron chi connectivity index (χ2n) is 5.07. The minimum atomic E-state index is -3.50. The first-order chi connectivity index (χ1) is 9.96. The van der Waals surface area contributed by atoms with E-state index in [1.54, 1.807) is 24.3 Å². The molecule has 7 heteroatoms. The van der Waals surface area contributed by atoms with Gasteiger partial charge in [-0.15, -0.1) is 0 Å². The number of sulfonamides is 1. The van der Waals surface area contributed by atoms with E-state index >= 15 is 0 Å². The zero-order chi connectivity index (χ0) is 15.3. The summed E-state index contributed by atoms with van der Waals surface area (Å²) in [4.78, 5) is 10.6. The number of carboxylic acid groups (broad SMARTS) is 1.